The summed E-state index contributed by atoms with van der Waals surface area (Å²) >= 11 is 0. The third-order valence-corrected chi connectivity index (χ3v) is 7.40. The number of nitrogens with two attached hydrogens (primary N) is 1. The summed E-state index contributed by atoms with van der Waals surface area (Å²) in [6.07, 6.45) is 15.9. The van der Waals surface area contributed by atoms with Crippen molar-refractivity contribution in [3.05, 3.63) is 24.3 Å². The minimum Gasteiger partial charge on any atom is -0.397 e. The summed E-state index contributed by atoms with van der Waals surface area (Å²) in [7, 11) is 0. The van der Waals surface area contributed by atoms with Crippen LogP contribution < -0.4 is 10.6 Å². The van der Waals surface area contributed by atoms with Crippen LogP contribution in [0.25, 0.3) is 0 Å². The Morgan fingerprint density at radius 2 is 1.46 bits per heavy atom. The van der Waals surface area contributed by atoms with E-state index in [9.17, 15) is 4.79 Å². The molecule has 28 heavy (non-hydrogen) atoms. The van der Waals surface area contributed by atoms with Gasteiger partial charge in [0.15, 0.2) is 0 Å². The SMILES string of the molecule is CC(=O)N(c1ccccc1N)C1C[C@H]2CCC[C@@H](C1)N2C1CCCCCCC1. The lowest BCUT2D eigenvalue weighted by Gasteiger charge is -2.54. The summed E-state index contributed by atoms with van der Waals surface area (Å²) in [5, 5.41) is 0. The molecule has 1 aromatic rings. The molecule has 2 heterocycles. The molecule has 4 heteroatoms. The monoisotopic (exact) mass is 383 g/mol. The Labute approximate surface area is 170 Å². The van der Waals surface area contributed by atoms with Gasteiger partial charge in [0.25, 0.3) is 0 Å². The molecule has 2 aliphatic heterocycles. The van der Waals surface area contributed by atoms with E-state index in [4.69, 9.17) is 5.73 Å². The fourth-order valence-corrected chi connectivity index (χ4v) is 6.26. The van der Waals surface area contributed by atoms with E-state index in [0.29, 0.717) is 17.8 Å². The van der Waals surface area contributed by atoms with Crippen molar-refractivity contribution >= 4 is 17.3 Å². The van der Waals surface area contributed by atoms with Crippen LogP contribution in [-0.4, -0.2) is 35.0 Å². The highest BCUT2D eigenvalue weighted by Gasteiger charge is 2.43. The number of hydrogen-bond acceptors (Lipinski definition) is 3. The van der Waals surface area contributed by atoms with Crippen LogP contribution in [0.1, 0.15) is 84.0 Å². The van der Waals surface area contributed by atoms with Gasteiger partial charge in [-0.05, 0) is 50.7 Å². The quantitative estimate of drug-likeness (QED) is 0.737. The fourth-order valence-electron chi connectivity index (χ4n) is 6.26. The molecule has 4 rings (SSSR count). The molecule has 154 valence electrons. The van der Waals surface area contributed by atoms with Crippen LogP contribution in [0.15, 0.2) is 24.3 Å². The van der Waals surface area contributed by atoms with Gasteiger partial charge in [0.1, 0.15) is 0 Å². The molecular formula is C24H37N3O. The number of amides is 1. The van der Waals surface area contributed by atoms with E-state index < -0.39 is 0 Å². The fraction of sp³-hybridized carbons (Fsp3) is 0.708. The first kappa shape index (κ1) is 19.8. The van der Waals surface area contributed by atoms with Crippen LogP contribution in [0.4, 0.5) is 11.4 Å². The van der Waals surface area contributed by atoms with Crippen molar-refractivity contribution < 1.29 is 4.79 Å². The molecule has 0 radical (unpaired) electrons. The predicted molar refractivity (Wildman–Crippen MR) is 116 cm³/mol. The van der Waals surface area contributed by atoms with Gasteiger partial charge in [0.05, 0.1) is 11.4 Å². The standard InChI is InChI=1S/C24H37N3O/c1-18(28)26(24-15-8-7-14-23(24)25)22-16-20-12-9-13-21(17-22)27(20)19-10-5-3-2-4-6-11-19/h7-8,14-15,19-22H,2-6,9-13,16-17,25H2,1H3/t20-,21+,22?. The second-order valence-corrected chi connectivity index (χ2v) is 9.26. The Morgan fingerprint density at radius 1 is 0.893 bits per heavy atom. The van der Waals surface area contributed by atoms with Gasteiger partial charge in [-0.25, -0.2) is 0 Å². The Kier molecular flexibility index (Phi) is 6.25. The van der Waals surface area contributed by atoms with Gasteiger partial charge in [-0.15, -0.1) is 0 Å². The maximum Gasteiger partial charge on any atom is 0.224 e. The lowest BCUT2D eigenvalue weighted by molar-refractivity contribution is -0.117. The maximum absolute atomic E-state index is 12.6. The average molecular weight is 384 g/mol. The van der Waals surface area contributed by atoms with Gasteiger partial charge in [0.2, 0.25) is 5.91 Å². The lowest BCUT2D eigenvalue weighted by atomic mass is 9.78. The summed E-state index contributed by atoms with van der Waals surface area (Å²) in [4.78, 5) is 17.6. The van der Waals surface area contributed by atoms with Gasteiger partial charge in [0, 0.05) is 31.1 Å². The minimum absolute atomic E-state index is 0.125. The lowest BCUT2D eigenvalue weighted by Crippen LogP contribution is -2.60. The number of fused-ring (bicyclic) bond motifs is 2. The van der Waals surface area contributed by atoms with Crippen molar-refractivity contribution in [3.8, 4) is 0 Å². The summed E-state index contributed by atoms with van der Waals surface area (Å²) in [6, 6.07) is 10.2. The molecule has 1 amide bonds. The number of anilines is 2. The summed E-state index contributed by atoms with van der Waals surface area (Å²) < 4.78 is 0. The zero-order valence-electron chi connectivity index (χ0n) is 17.5. The van der Waals surface area contributed by atoms with Gasteiger partial charge in [-0.3, -0.25) is 9.69 Å². The zero-order valence-corrected chi connectivity index (χ0v) is 17.5. The number of benzene rings is 1. The van der Waals surface area contributed by atoms with E-state index in [1.165, 1.54) is 64.2 Å². The molecule has 0 spiro atoms. The molecule has 3 atom stereocenters. The third kappa shape index (κ3) is 4.07. The predicted octanol–water partition coefficient (Wildman–Crippen LogP) is 5.12. The second-order valence-electron chi connectivity index (χ2n) is 9.26. The molecule has 1 aliphatic carbocycles. The van der Waals surface area contributed by atoms with E-state index in [1.54, 1.807) is 6.92 Å². The van der Waals surface area contributed by atoms with Crippen LogP contribution in [-0.2, 0) is 4.79 Å². The van der Waals surface area contributed by atoms with Crippen molar-refractivity contribution in [1.82, 2.24) is 4.90 Å². The first-order chi connectivity index (χ1) is 13.6. The largest absolute Gasteiger partial charge is 0.397 e. The zero-order chi connectivity index (χ0) is 19.5. The molecule has 2 saturated heterocycles. The molecule has 4 nitrogen and oxygen atoms in total. The molecule has 3 aliphatic rings. The first-order valence-corrected chi connectivity index (χ1v) is 11.6. The van der Waals surface area contributed by atoms with E-state index in [-0.39, 0.29) is 11.9 Å². The van der Waals surface area contributed by atoms with Gasteiger partial charge >= 0.3 is 0 Å². The molecule has 1 aromatic carbocycles. The number of rotatable bonds is 3. The number of hydrogen-bond donors (Lipinski definition) is 1. The number of para-hydroxylation sites is 2. The van der Waals surface area contributed by atoms with Crippen molar-refractivity contribution in [2.75, 3.05) is 10.6 Å². The average Bonchev–Trinajstić information content (AvgIpc) is 2.63. The van der Waals surface area contributed by atoms with Gasteiger partial charge < -0.3 is 10.6 Å². The highest BCUT2D eigenvalue weighted by Crippen LogP contribution is 2.41. The van der Waals surface area contributed by atoms with E-state index in [2.05, 4.69) is 4.90 Å². The van der Waals surface area contributed by atoms with E-state index in [1.807, 2.05) is 29.2 Å². The minimum atomic E-state index is 0.125. The van der Waals surface area contributed by atoms with E-state index >= 15 is 0 Å². The number of carbonyl (C=O) groups excluding carboxylic acids is 1. The Hall–Kier alpha value is -1.55. The molecule has 1 unspecified atom stereocenters. The Balaban J connectivity index is 1.55. The number of nitrogen functional groups attached to an aromatic ring is 1. The number of nitrogens with zero attached hydrogens (tertiary/aromatic N) is 2. The summed E-state index contributed by atoms with van der Waals surface area (Å²) in [5.41, 5.74) is 7.87. The smallest absolute Gasteiger partial charge is 0.224 e. The third-order valence-electron chi connectivity index (χ3n) is 7.40. The number of piperidine rings is 2. The highest BCUT2D eigenvalue weighted by atomic mass is 16.2. The summed E-state index contributed by atoms with van der Waals surface area (Å²) in [5.74, 6) is 0.125. The Bertz CT molecular complexity index is 654. The summed E-state index contributed by atoms with van der Waals surface area (Å²) in [6.45, 7) is 1.70. The first-order valence-electron chi connectivity index (χ1n) is 11.6. The maximum atomic E-state index is 12.6. The number of carbonyl (C=O) groups is 1. The van der Waals surface area contributed by atoms with Gasteiger partial charge in [-0.2, -0.15) is 0 Å². The van der Waals surface area contributed by atoms with Crippen molar-refractivity contribution in [1.29, 1.82) is 0 Å². The van der Waals surface area contributed by atoms with Crippen molar-refractivity contribution in [3.63, 3.8) is 0 Å². The Morgan fingerprint density at radius 3 is 2.07 bits per heavy atom. The van der Waals surface area contributed by atoms with Crippen molar-refractivity contribution in [2.45, 2.75) is 108 Å². The second kappa shape index (κ2) is 8.86. The molecular weight excluding hydrogens is 346 g/mol. The molecule has 1 saturated carbocycles. The molecule has 2 N–H and O–H groups in total. The van der Waals surface area contributed by atoms with Crippen LogP contribution in [0.5, 0.6) is 0 Å². The van der Waals surface area contributed by atoms with Crippen LogP contribution in [0.3, 0.4) is 0 Å². The normalized spacial score (nSPS) is 29.7. The van der Waals surface area contributed by atoms with Crippen LogP contribution in [0, 0.1) is 0 Å². The topological polar surface area (TPSA) is 49.6 Å². The molecule has 3 fully saturated rings. The van der Waals surface area contributed by atoms with Crippen molar-refractivity contribution in [2.24, 2.45) is 0 Å². The van der Waals surface area contributed by atoms with Crippen LogP contribution >= 0.6 is 0 Å². The molecule has 0 aromatic heterocycles. The van der Waals surface area contributed by atoms with Gasteiger partial charge in [-0.1, -0.05) is 50.7 Å². The van der Waals surface area contributed by atoms with E-state index in [0.717, 1.165) is 24.6 Å². The molecule has 2 bridgehead atoms. The highest BCUT2D eigenvalue weighted by molar-refractivity contribution is 5.95. The van der Waals surface area contributed by atoms with Crippen LogP contribution in [0.2, 0.25) is 0 Å².